The molecule has 4 rings (SSSR count). The van der Waals surface area contributed by atoms with Gasteiger partial charge in [-0.05, 0) is 69.5 Å². The number of carbonyl (C=O) groups is 1. The van der Waals surface area contributed by atoms with E-state index >= 15 is 0 Å². The van der Waals surface area contributed by atoms with Gasteiger partial charge in [-0.2, -0.15) is 0 Å². The number of nitrogens with zero attached hydrogens (tertiary/aromatic N) is 1. The van der Waals surface area contributed by atoms with Gasteiger partial charge in [0.1, 0.15) is 11.9 Å². The largest absolute Gasteiger partial charge is 0.485 e. The Hall–Kier alpha value is -3.34. The quantitative estimate of drug-likeness (QED) is 0.557. The Morgan fingerprint density at radius 3 is 2.67 bits per heavy atom. The minimum absolute atomic E-state index is 0.158. The number of hydrogen-bond acceptors (Lipinski definition) is 5. The molecule has 0 fully saturated rings. The molecule has 2 aromatic rings. The molecule has 2 aromatic carbocycles. The Morgan fingerprint density at radius 2 is 1.94 bits per heavy atom. The molecule has 0 bridgehead atoms. The first-order valence-corrected chi connectivity index (χ1v) is 11.8. The summed E-state index contributed by atoms with van der Waals surface area (Å²) in [6, 6.07) is 11.9. The molecule has 5 heteroatoms. The highest BCUT2D eigenvalue weighted by atomic mass is 16.5. The summed E-state index contributed by atoms with van der Waals surface area (Å²) in [6.07, 6.45) is 2.73. The molecule has 0 saturated carbocycles. The summed E-state index contributed by atoms with van der Waals surface area (Å²) in [5.74, 6) is 0.513. The fourth-order valence-electron chi connectivity index (χ4n) is 4.63. The zero-order chi connectivity index (χ0) is 23.5. The normalized spacial score (nSPS) is 18.3. The first-order chi connectivity index (χ1) is 16.0. The van der Waals surface area contributed by atoms with Crippen LogP contribution in [0.1, 0.15) is 61.2 Å². The van der Waals surface area contributed by atoms with Crippen molar-refractivity contribution in [2.24, 2.45) is 4.99 Å². The second-order valence-corrected chi connectivity index (χ2v) is 8.35. The van der Waals surface area contributed by atoms with E-state index in [1.54, 1.807) is 0 Å². The third-order valence-electron chi connectivity index (χ3n) is 6.11. The molecule has 2 aliphatic rings. The zero-order valence-electron chi connectivity index (χ0n) is 20.1. The van der Waals surface area contributed by atoms with Crippen LogP contribution in [-0.4, -0.2) is 37.5 Å². The Balaban J connectivity index is 2.00. The summed E-state index contributed by atoms with van der Waals surface area (Å²) >= 11 is 0. The van der Waals surface area contributed by atoms with Crippen molar-refractivity contribution in [1.82, 2.24) is 0 Å². The topological polar surface area (TPSA) is 59.9 Å². The Kier molecular flexibility index (Phi) is 6.68. The molecule has 1 aliphatic carbocycles. The molecule has 5 nitrogen and oxygen atoms in total. The van der Waals surface area contributed by atoms with Crippen molar-refractivity contribution in [2.75, 3.05) is 25.0 Å². The van der Waals surface area contributed by atoms with E-state index in [0.29, 0.717) is 18.6 Å². The van der Waals surface area contributed by atoms with E-state index in [1.165, 1.54) is 0 Å². The number of allylic oxidation sites excluding steroid dienone is 1. The maximum atomic E-state index is 12.9. The predicted octanol–water partition coefficient (Wildman–Crippen LogP) is 5.98. The number of anilines is 1. The van der Waals surface area contributed by atoms with Crippen LogP contribution >= 0.6 is 0 Å². The van der Waals surface area contributed by atoms with Gasteiger partial charge in [0.25, 0.3) is 0 Å². The Morgan fingerprint density at radius 1 is 1.15 bits per heavy atom. The van der Waals surface area contributed by atoms with Gasteiger partial charge in [0, 0.05) is 53.7 Å². The second kappa shape index (κ2) is 9.65. The second-order valence-electron chi connectivity index (χ2n) is 8.35. The summed E-state index contributed by atoms with van der Waals surface area (Å²) in [6.45, 7) is 12.1. The van der Waals surface area contributed by atoms with Crippen molar-refractivity contribution in [3.05, 3.63) is 75.9 Å². The lowest BCUT2D eigenvalue weighted by atomic mass is 9.80. The van der Waals surface area contributed by atoms with E-state index in [2.05, 4.69) is 51.2 Å². The van der Waals surface area contributed by atoms with Crippen LogP contribution in [0.15, 0.2) is 58.6 Å². The number of fused-ring (bicyclic) bond motifs is 2. The van der Waals surface area contributed by atoms with Gasteiger partial charge in [-0.15, -0.1) is 0 Å². The van der Waals surface area contributed by atoms with Gasteiger partial charge < -0.3 is 14.8 Å². The van der Waals surface area contributed by atoms with E-state index in [1.807, 2.05) is 31.2 Å². The minimum atomic E-state index is -0.309. The summed E-state index contributed by atoms with van der Waals surface area (Å²) in [5, 5.41) is 3.43. The van der Waals surface area contributed by atoms with Crippen LogP contribution in [0.5, 0.6) is 5.75 Å². The van der Waals surface area contributed by atoms with Gasteiger partial charge in [0.05, 0.1) is 12.2 Å². The molecule has 1 atom stereocenters. The number of benzene rings is 2. The van der Waals surface area contributed by atoms with Gasteiger partial charge in [0.15, 0.2) is 0 Å². The van der Waals surface area contributed by atoms with Crippen molar-refractivity contribution >= 4 is 22.9 Å². The van der Waals surface area contributed by atoms with Crippen LogP contribution in [0.25, 0.3) is 5.57 Å². The van der Waals surface area contributed by atoms with Crippen LogP contribution in [0.2, 0.25) is 0 Å². The summed E-state index contributed by atoms with van der Waals surface area (Å²) in [7, 11) is 0. The lowest BCUT2D eigenvalue weighted by Crippen LogP contribution is -2.31. The van der Waals surface area contributed by atoms with Gasteiger partial charge in [-0.1, -0.05) is 18.2 Å². The first kappa shape index (κ1) is 22.8. The van der Waals surface area contributed by atoms with Gasteiger partial charge >= 0.3 is 5.97 Å². The number of rotatable bonds is 6. The molecule has 1 aliphatic heterocycles. The number of aliphatic imine (C=N–C) groups is 1. The average molecular weight is 445 g/mol. The molecule has 0 amide bonds. The van der Waals surface area contributed by atoms with Crippen LogP contribution in [0.3, 0.4) is 0 Å². The van der Waals surface area contributed by atoms with Crippen molar-refractivity contribution in [1.29, 1.82) is 0 Å². The molecular weight excluding hydrogens is 412 g/mol. The number of hydrogen-bond donors (Lipinski definition) is 1. The minimum Gasteiger partial charge on any atom is -0.485 e. The van der Waals surface area contributed by atoms with Crippen molar-refractivity contribution < 1.29 is 14.3 Å². The fraction of sp³-hybridized carbons (Fsp3) is 0.357. The summed E-state index contributed by atoms with van der Waals surface area (Å²) in [4.78, 5) is 17.6. The monoisotopic (exact) mass is 444 g/mol. The number of carbonyl (C=O) groups excluding carboxylic acids is 1. The number of esters is 1. The molecular formula is C28H32N2O3. The van der Waals surface area contributed by atoms with E-state index in [0.717, 1.165) is 63.6 Å². The average Bonchev–Trinajstić information content (AvgIpc) is 2.80. The highest BCUT2D eigenvalue weighted by Gasteiger charge is 2.34. The smallest absolute Gasteiger partial charge is 0.338 e. The maximum Gasteiger partial charge on any atom is 0.338 e. The lowest BCUT2D eigenvalue weighted by molar-refractivity contribution is 0.0526. The molecule has 1 heterocycles. The molecule has 0 radical (unpaired) electrons. The van der Waals surface area contributed by atoms with Crippen LogP contribution < -0.4 is 10.1 Å². The third-order valence-corrected chi connectivity index (χ3v) is 6.11. The molecule has 0 saturated heterocycles. The van der Waals surface area contributed by atoms with E-state index in [4.69, 9.17) is 14.5 Å². The van der Waals surface area contributed by atoms with E-state index in [-0.39, 0.29) is 12.1 Å². The predicted molar refractivity (Wildman–Crippen MR) is 135 cm³/mol. The highest BCUT2D eigenvalue weighted by molar-refractivity contribution is 6.05. The molecule has 0 aromatic heterocycles. The van der Waals surface area contributed by atoms with Gasteiger partial charge in [-0.25, -0.2) is 4.79 Å². The summed E-state index contributed by atoms with van der Waals surface area (Å²) in [5.41, 5.74) is 8.97. The molecule has 1 unspecified atom stereocenters. The molecule has 172 valence electrons. The molecule has 33 heavy (non-hydrogen) atoms. The van der Waals surface area contributed by atoms with Gasteiger partial charge in [-0.3, -0.25) is 4.99 Å². The van der Waals surface area contributed by atoms with Crippen molar-refractivity contribution in [2.45, 2.75) is 47.1 Å². The van der Waals surface area contributed by atoms with Crippen molar-refractivity contribution in [3.8, 4) is 5.75 Å². The lowest BCUT2D eigenvalue weighted by Gasteiger charge is -2.35. The van der Waals surface area contributed by atoms with Crippen LogP contribution in [-0.2, 0) is 4.74 Å². The van der Waals surface area contributed by atoms with Crippen molar-refractivity contribution in [3.63, 3.8) is 0 Å². The third kappa shape index (κ3) is 4.32. The van der Waals surface area contributed by atoms with Crippen LogP contribution in [0.4, 0.5) is 5.69 Å². The highest BCUT2D eigenvalue weighted by Crippen LogP contribution is 2.46. The number of ether oxygens (including phenoxy) is 2. The van der Waals surface area contributed by atoms with Crippen LogP contribution in [0, 0.1) is 6.92 Å². The first-order valence-electron chi connectivity index (χ1n) is 11.8. The zero-order valence-corrected chi connectivity index (χ0v) is 20.1. The standard InChI is InChI=1S/C28H32N2O3/c1-6-29-23-15-25-21(13-17(23)4)27(19-11-9-10-12-20(19)28(31)32-8-3)22-14-18(5)24(30-7-2)16-26(22)33-25/h9-15,26,29H,6-8,16H2,1-5H3/b30-24+. The fourth-order valence-corrected chi connectivity index (χ4v) is 4.63. The molecule has 0 spiro atoms. The molecule has 1 N–H and O–H groups in total. The van der Waals surface area contributed by atoms with Gasteiger partial charge in [0.2, 0.25) is 0 Å². The number of nitrogens with one attached hydrogen (secondary N) is 1. The summed E-state index contributed by atoms with van der Waals surface area (Å²) < 4.78 is 12.0. The Bertz CT molecular complexity index is 1170. The SMILES string of the molecule is CC/N=C1\CC2Oc3cc(NCC)c(C)cc3C(c3ccccc3C(=O)OCC)=C2C=C1C. The van der Waals surface area contributed by atoms with E-state index in [9.17, 15) is 4.79 Å². The van der Waals surface area contributed by atoms with E-state index < -0.39 is 0 Å². The Labute approximate surface area is 196 Å². The maximum absolute atomic E-state index is 12.9. The number of aryl methyl sites for hydroxylation is 1.